The van der Waals surface area contributed by atoms with Crippen molar-refractivity contribution in [2.45, 2.75) is 18.9 Å². The maximum absolute atomic E-state index is 12.2. The zero-order chi connectivity index (χ0) is 18.2. The molecule has 1 aliphatic heterocycles. The Kier molecular flexibility index (Phi) is 6.24. The molecule has 1 saturated heterocycles. The van der Waals surface area contributed by atoms with Gasteiger partial charge in [0, 0.05) is 31.2 Å². The lowest BCUT2D eigenvalue weighted by Gasteiger charge is -2.32. The van der Waals surface area contributed by atoms with Gasteiger partial charge in [-0.15, -0.1) is 0 Å². The van der Waals surface area contributed by atoms with E-state index in [9.17, 15) is 4.79 Å². The molecule has 3 rings (SSSR count). The Morgan fingerprint density at radius 3 is 2.46 bits per heavy atom. The van der Waals surface area contributed by atoms with Crippen LogP contribution >= 0.6 is 0 Å². The number of amides is 1. The molecule has 1 heterocycles. The van der Waals surface area contributed by atoms with Crippen molar-refractivity contribution in [3.63, 3.8) is 0 Å². The number of nitrogens with zero attached hydrogens (tertiary/aromatic N) is 2. The predicted octanol–water partition coefficient (Wildman–Crippen LogP) is 2.83. The van der Waals surface area contributed by atoms with Gasteiger partial charge in [-0.25, -0.2) is 0 Å². The molecule has 0 aromatic heterocycles. The van der Waals surface area contributed by atoms with Gasteiger partial charge in [0.15, 0.2) is 0 Å². The molecule has 1 amide bonds. The van der Waals surface area contributed by atoms with Crippen LogP contribution in [0.2, 0.25) is 0 Å². The molecule has 1 fully saturated rings. The summed E-state index contributed by atoms with van der Waals surface area (Å²) >= 11 is 0. The van der Waals surface area contributed by atoms with E-state index in [0.717, 1.165) is 38.2 Å². The van der Waals surface area contributed by atoms with Crippen molar-refractivity contribution in [2.24, 2.45) is 0 Å². The van der Waals surface area contributed by atoms with E-state index in [1.807, 2.05) is 42.5 Å². The van der Waals surface area contributed by atoms with Gasteiger partial charge in [0.1, 0.15) is 12.4 Å². The van der Waals surface area contributed by atoms with Gasteiger partial charge in [0.05, 0.1) is 11.6 Å². The van der Waals surface area contributed by atoms with Crippen LogP contribution in [0.1, 0.15) is 28.8 Å². The normalized spacial score (nSPS) is 15.2. The van der Waals surface area contributed by atoms with Gasteiger partial charge >= 0.3 is 0 Å². The molecular weight excluding hydrogens is 326 g/mol. The highest BCUT2D eigenvalue weighted by Gasteiger charge is 2.20. The molecule has 5 nitrogen and oxygen atoms in total. The summed E-state index contributed by atoms with van der Waals surface area (Å²) in [6.45, 7) is 3.39. The predicted molar refractivity (Wildman–Crippen MR) is 100 cm³/mol. The zero-order valence-corrected chi connectivity index (χ0v) is 14.7. The lowest BCUT2D eigenvalue weighted by atomic mass is 10.0. The summed E-state index contributed by atoms with van der Waals surface area (Å²) in [6.07, 6.45) is 1.91. The summed E-state index contributed by atoms with van der Waals surface area (Å²) in [5, 5.41) is 11.9. The number of benzene rings is 2. The van der Waals surface area contributed by atoms with Crippen LogP contribution in [-0.4, -0.2) is 43.1 Å². The maximum atomic E-state index is 12.2. The molecule has 0 spiro atoms. The Bertz CT molecular complexity index is 745. The Balaban J connectivity index is 1.36. The van der Waals surface area contributed by atoms with Gasteiger partial charge in [-0.3, -0.25) is 9.69 Å². The van der Waals surface area contributed by atoms with Crippen LogP contribution < -0.4 is 10.1 Å². The topological polar surface area (TPSA) is 65.4 Å². The fourth-order valence-corrected chi connectivity index (χ4v) is 3.08. The van der Waals surface area contributed by atoms with E-state index in [4.69, 9.17) is 10.00 Å². The molecule has 0 aliphatic carbocycles. The Morgan fingerprint density at radius 1 is 1.12 bits per heavy atom. The van der Waals surface area contributed by atoms with Crippen molar-refractivity contribution in [3.8, 4) is 11.8 Å². The first-order valence-corrected chi connectivity index (χ1v) is 8.96. The second kappa shape index (κ2) is 9.02. The van der Waals surface area contributed by atoms with Crippen molar-refractivity contribution in [2.75, 3.05) is 26.2 Å². The molecule has 2 aromatic carbocycles. The van der Waals surface area contributed by atoms with Crippen molar-refractivity contribution in [1.29, 1.82) is 5.26 Å². The third-order valence-corrected chi connectivity index (χ3v) is 4.62. The molecule has 2 aromatic rings. The molecule has 0 saturated carbocycles. The molecule has 1 aliphatic rings. The number of nitrogens with one attached hydrogen (secondary N) is 1. The monoisotopic (exact) mass is 349 g/mol. The van der Waals surface area contributed by atoms with Gasteiger partial charge in [-0.1, -0.05) is 18.2 Å². The summed E-state index contributed by atoms with van der Waals surface area (Å²) in [5.41, 5.74) is 1.35. The second-order valence-corrected chi connectivity index (χ2v) is 6.44. The Morgan fingerprint density at radius 2 is 1.81 bits per heavy atom. The highest BCUT2D eigenvalue weighted by atomic mass is 16.5. The van der Waals surface area contributed by atoms with E-state index in [1.54, 1.807) is 12.1 Å². The van der Waals surface area contributed by atoms with E-state index in [0.29, 0.717) is 17.7 Å². The highest BCUT2D eigenvalue weighted by Crippen LogP contribution is 2.13. The maximum Gasteiger partial charge on any atom is 0.251 e. The van der Waals surface area contributed by atoms with Gasteiger partial charge in [0.2, 0.25) is 0 Å². The molecule has 134 valence electrons. The minimum atomic E-state index is 0.00759. The van der Waals surface area contributed by atoms with E-state index < -0.39 is 0 Å². The van der Waals surface area contributed by atoms with Crippen molar-refractivity contribution in [1.82, 2.24) is 10.2 Å². The standard InChI is InChI=1S/C21H23N3O2/c22-16-17-6-8-20(9-7-17)26-15-14-24-12-10-19(11-13-24)23-21(25)18-4-2-1-3-5-18/h1-9,19H,10-15H2,(H,23,25). The average Bonchev–Trinajstić information content (AvgIpc) is 2.70. The SMILES string of the molecule is N#Cc1ccc(OCCN2CCC(NC(=O)c3ccccc3)CC2)cc1. The molecule has 0 unspecified atom stereocenters. The number of piperidine rings is 1. The zero-order valence-electron chi connectivity index (χ0n) is 14.7. The first-order valence-electron chi connectivity index (χ1n) is 8.96. The Labute approximate surface area is 154 Å². The van der Waals surface area contributed by atoms with Crippen LogP contribution in [0.15, 0.2) is 54.6 Å². The second-order valence-electron chi connectivity index (χ2n) is 6.44. The fraction of sp³-hybridized carbons (Fsp3) is 0.333. The number of carbonyl (C=O) groups excluding carboxylic acids is 1. The number of ether oxygens (including phenoxy) is 1. The summed E-state index contributed by atoms with van der Waals surface area (Å²) < 4.78 is 5.74. The van der Waals surface area contributed by atoms with Crippen molar-refractivity contribution in [3.05, 3.63) is 65.7 Å². The molecule has 0 bridgehead atoms. The lowest BCUT2D eigenvalue weighted by Crippen LogP contribution is -2.45. The van der Waals surface area contributed by atoms with E-state index in [2.05, 4.69) is 16.3 Å². The molecular formula is C21H23N3O2. The number of rotatable bonds is 6. The van der Waals surface area contributed by atoms with Crippen molar-refractivity contribution >= 4 is 5.91 Å². The average molecular weight is 349 g/mol. The van der Waals surface area contributed by atoms with Crippen LogP contribution in [0.5, 0.6) is 5.75 Å². The van der Waals surface area contributed by atoms with Crippen LogP contribution in [0.3, 0.4) is 0 Å². The van der Waals surface area contributed by atoms with Crippen LogP contribution in [0, 0.1) is 11.3 Å². The minimum absolute atomic E-state index is 0.00759. The lowest BCUT2D eigenvalue weighted by molar-refractivity contribution is 0.0905. The first-order chi connectivity index (χ1) is 12.7. The summed E-state index contributed by atoms with van der Waals surface area (Å²) in [4.78, 5) is 14.6. The van der Waals surface area contributed by atoms with Crippen LogP contribution in [0.25, 0.3) is 0 Å². The molecule has 0 radical (unpaired) electrons. The third kappa shape index (κ3) is 5.08. The summed E-state index contributed by atoms with van der Waals surface area (Å²) in [6, 6.07) is 18.8. The summed E-state index contributed by atoms with van der Waals surface area (Å²) in [5.74, 6) is 0.794. The summed E-state index contributed by atoms with van der Waals surface area (Å²) in [7, 11) is 0. The number of carbonyl (C=O) groups is 1. The third-order valence-electron chi connectivity index (χ3n) is 4.62. The van der Waals surface area contributed by atoms with Crippen molar-refractivity contribution < 1.29 is 9.53 Å². The van der Waals surface area contributed by atoms with Gasteiger partial charge < -0.3 is 10.1 Å². The van der Waals surface area contributed by atoms with Gasteiger partial charge in [-0.05, 0) is 49.2 Å². The highest BCUT2D eigenvalue weighted by molar-refractivity contribution is 5.94. The van der Waals surface area contributed by atoms with E-state index >= 15 is 0 Å². The molecule has 1 N–H and O–H groups in total. The quantitative estimate of drug-likeness (QED) is 0.871. The number of nitriles is 1. The number of hydrogen-bond donors (Lipinski definition) is 1. The van der Waals surface area contributed by atoms with E-state index in [-0.39, 0.29) is 11.9 Å². The molecule has 5 heteroatoms. The molecule has 0 atom stereocenters. The first kappa shape index (κ1) is 18.0. The Hall–Kier alpha value is -2.84. The van der Waals surface area contributed by atoms with Crippen LogP contribution in [0.4, 0.5) is 0 Å². The molecule has 26 heavy (non-hydrogen) atoms. The fourth-order valence-electron chi connectivity index (χ4n) is 3.08. The largest absolute Gasteiger partial charge is 0.492 e. The van der Waals surface area contributed by atoms with Gasteiger partial charge in [0.25, 0.3) is 5.91 Å². The smallest absolute Gasteiger partial charge is 0.251 e. The van der Waals surface area contributed by atoms with Gasteiger partial charge in [-0.2, -0.15) is 5.26 Å². The number of hydrogen-bond acceptors (Lipinski definition) is 4. The number of likely N-dealkylation sites (tertiary alicyclic amines) is 1. The minimum Gasteiger partial charge on any atom is -0.492 e. The van der Waals surface area contributed by atoms with E-state index in [1.165, 1.54) is 0 Å². The van der Waals surface area contributed by atoms with Crippen LogP contribution in [-0.2, 0) is 0 Å².